The SMILES string of the molecule is CN(CC1CN=C(CC(c2ccccc2)c2ccccc2)NO1)C1CCCCC1. The van der Waals surface area contributed by atoms with Crippen LogP contribution in [0.4, 0.5) is 0 Å². The Morgan fingerprint density at radius 3 is 2.14 bits per heavy atom. The number of amidine groups is 1. The van der Waals surface area contributed by atoms with Crippen molar-refractivity contribution in [2.75, 3.05) is 20.1 Å². The van der Waals surface area contributed by atoms with Crippen molar-refractivity contribution in [2.24, 2.45) is 4.99 Å². The average Bonchev–Trinajstić information content (AvgIpc) is 2.80. The van der Waals surface area contributed by atoms with Gasteiger partial charge in [-0.15, -0.1) is 0 Å². The Bertz CT molecular complexity index is 732. The molecule has 1 N–H and O–H groups in total. The smallest absolute Gasteiger partial charge is 0.121 e. The number of benzene rings is 2. The van der Waals surface area contributed by atoms with Crippen LogP contribution in [0.1, 0.15) is 55.6 Å². The number of likely N-dealkylation sites (N-methyl/N-ethyl adjacent to an activating group) is 1. The first-order valence-electron chi connectivity index (χ1n) is 11.0. The molecule has 1 saturated carbocycles. The first kappa shape index (κ1) is 20.1. The highest BCUT2D eigenvalue weighted by Crippen LogP contribution is 2.28. The summed E-state index contributed by atoms with van der Waals surface area (Å²) in [6.45, 7) is 1.67. The van der Waals surface area contributed by atoms with Crippen molar-refractivity contribution >= 4 is 5.84 Å². The Hall–Kier alpha value is -2.17. The molecular weight excluding hydrogens is 358 g/mol. The van der Waals surface area contributed by atoms with Gasteiger partial charge in [-0.3, -0.25) is 15.3 Å². The van der Waals surface area contributed by atoms with Crippen molar-refractivity contribution in [3.63, 3.8) is 0 Å². The van der Waals surface area contributed by atoms with E-state index in [1.165, 1.54) is 43.2 Å². The summed E-state index contributed by atoms with van der Waals surface area (Å²) in [4.78, 5) is 13.3. The van der Waals surface area contributed by atoms with Crippen molar-refractivity contribution in [3.8, 4) is 0 Å². The summed E-state index contributed by atoms with van der Waals surface area (Å²) >= 11 is 0. The van der Waals surface area contributed by atoms with Gasteiger partial charge in [0.05, 0.1) is 6.54 Å². The molecule has 2 aromatic rings. The van der Waals surface area contributed by atoms with Gasteiger partial charge in [-0.25, -0.2) is 0 Å². The zero-order valence-corrected chi connectivity index (χ0v) is 17.5. The third-order valence-electron chi connectivity index (χ3n) is 6.32. The Morgan fingerprint density at radius 1 is 0.966 bits per heavy atom. The van der Waals surface area contributed by atoms with Gasteiger partial charge in [0, 0.05) is 24.9 Å². The molecule has 0 amide bonds. The lowest BCUT2D eigenvalue weighted by molar-refractivity contribution is -0.0192. The Morgan fingerprint density at radius 2 is 1.59 bits per heavy atom. The maximum atomic E-state index is 6.00. The van der Waals surface area contributed by atoms with E-state index in [1.54, 1.807) is 0 Å². The lowest BCUT2D eigenvalue weighted by Gasteiger charge is -2.34. The summed E-state index contributed by atoms with van der Waals surface area (Å²) in [5.74, 6) is 1.22. The highest BCUT2D eigenvalue weighted by molar-refractivity contribution is 5.83. The van der Waals surface area contributed by atoms with E-state index in [0.717, 1.165) is 25.3 Å². The number of nitrogens with one attached hydrogen (secondary N) is 1. The van der Waals surface area contributed by atoms with Gasteiger partial charge in [0.1, 0.15) is 11.9 Å². The van der Waals surface area contributed by atoms with Crippen LogP contribution in [0, 0.1) is 0 Å². The van der Waals surface area contributed by atoms with E-state index < -0.39 is 0 Å². The lowest BCUT2D eigenvalue weighted by Crippen LogP contribution is -2.46. The first-order chi connectivity index (χ1) is 14.3. The molecule has 1 aliphatic heterocycles. The fourth-order valence-corrected chi connectivity index (χ4v) is 4.62. The van der Waals surface area contributed by atoms with Crippen molar-refractivity contribution in [1.82, 2.24) is 10.4 Å². The first-order valence-corrected chi connectivity index (χ1v) is 11.0. The fraction of sp³-hybridized carbons (Fsp3) is 0.480. The summed E-state index contributed by atoms with van der Waals surface area (Å²) in [5.41, 5.74) is 5.79. The van der Waals surface area contributed by atoms with Crippen LogP contribution in [0.25, 0.3) is 0 Å². The molecule has 1 fully saturated rings. The summed E-state index contributed by atoms with van der Waals surface area (Å²) in [7, 11) is 2.24. The van der Waals surface area contributed by atoms with Gasteiger partial charge in [-0.05, 0) is 31.0 Å². The number of nitrogens with zero attached hydrogens (tertiary/aromatic N) is 2. The van der Waals surface area contributed by atoms with Crippen LogP contribution in [0.3, 0.4) is 0 Å². The highest BCUT2D eigenvalue weighted by atomic mass is 16.7. The van der Waals surface area contributed by atoms with E-state index in [9.17, 15) is 0 Å². The maximum absolute atomic E-state index is 6.00. The van der Waals surface area contributed by atoms with Crippen LogP contribution in [-0.2, 0) is 4.84 Å². The predicted molar refractivity (Wildman–Crippen MR) is 119 cm³/mol. The van der Waals surface area contributed by atoms with E-state index in [4.69, 9.17) is 9.83 Å². The molecule has 29 heavy (non-hydrogen) atoms. The average molecular weight is 392 g/mol. The Labute approximate surface area is 174 Å². The zero-order chi connectivity index (χ0) is 19.9. The van der Waals surface area contributed by atoms with Gasteiger partial charge in [0.15, 0.2) is 0 Å². The van der Waals surface area contributed by atoms with Crippen LogP contribution in [0.2, 0.25) is 0 Å². The number of hydrogen-bond donors (Lipinski definition) is 1. The fourth-order valence-electron chi connectivity index (χ4n) is 4.62. The summed E-state index contributed by atoms with van der Waals surface area (Å²) in [6.07, 6.45) is 7.70. The summed E-state index contributed by atoms with van der Waals surface area (Å²) in [5, 5.41) is 0. The molecule has 4 nitrogen and oxygen atoms in total. The molecule has 0 spiro atoms. The van der Waals surface area contributed by atoms with Crippen molar-refractivity contribution in [1.29, 1.82) is 0 Å². The van der Waals surface area contributed by atoms with E-state index in [2.05, 4.69) is 78.1 Å². The summed E-state index contributed by atoms with van der Waals surface area (Å²) in [6, 6.07) is 22.1. The second kappa shape index (κ2) is 10.0. The number of hydrogen-bond acceptors (Lipinski definition) is 4. The second-order valence-electron chi connectivity index (χ2n) is 8.44. The van der Waals surface area contributed by atoms with Crippen molar-refractivity contribution in [3.05, 3.63) is 71.8 Å². The normalized spacial score (nSPS) is 20.5. The molecule has 1 aliphatic carbocycles. The molecular formula is C25H33N3O. The maximum Gasteiger partial charge on any atom is 0.121 e. The van der Waals surface area contributed by atoms with Gasteiger partial charge in [0.25, 0.3) is 0 Å². The van der Waals surface area contributed by atoms with Crippen LogP contribution in [0.5, 0.6) is 0 Å². The molecule has 0 bridgehead atoms. The quantitative estimate of drug-likeness (QED) is 0.738. The largest absolute Gasteiger partial charge is 0.301 e. The molecule has 2 aromatic carbocycles. The number of aliphatic imine (C=N–C) groups is 1. The topological polar surface area (TPSA) is 36.9 Å². The molecule has 2 aliphatic rings. The van der Waals surface area contributed by atoms with Gasteiger partial charge < -0.3 is 4.90 Å². The van der Waals surface area contributed by atoms with Crippen molar-refractivity contribution < 1.29 is 4.84 Å². The molecule has 0 aromatic heterocycles. The minimum absolute atomic E-state index is 0.123. The third kappa shape index (κ3) is 5.46. The standard InChI is InChI=1S/C25H33N3O/c1-28(22-15-9-4-10-16-22)19-23-18-26-25(27-29-23)17-24(20-11-5-2-6-12-20)21-13-7-3-8-14-21/h2-3,5-8,11-14,22-24H,4,9-10,15-19H2,1H3,(H,26,27). The van der Waals surface area contributed by atoms with Gasteiger partial charge in [-0.1, -0.05) is 79.9 Å². The second-order valence-corrected chi connectivity index (χ2v) is 8.44. The van der Waals surface area contributed by atoms with Crippen LogP contribution in [-0.4, -0.2) is 43.0 Å². The van der Waals surface area contributed by atoms with Crippen molar-refractivity contribution in [2.45, 2.75) is 56.6 Å². The van der Waals surface area contributed by atoms with Gasteiger partial charge >= 0.3 is 0 Å². The molecule has 0 saturated heterocycles. The zero-order valence-electron chi connectivity index (χ0n) is 17.5. The monoisotopic (exact) mass is 391 g/mol. The molecule has 154 valence electrons. The number of hydroxylamine groups is 1. The minimum Gasteiger partial charge on any atom is -0.301 e. The van der Waals surface area contributed by atoms with Gasteiger partial charge in [-0.2, -0.15) is 0 Å². The lowest BCUT2D eigenvalue weighted by atomic mass is 9.88. The highest BCUT2D eigenvalue weighted by Gasteiger charge is 2.25. The molecule has 1 heterocycles. The van der Waals surface area contributed by atoms with E-state index in [0.29, 0.717) is 6.04 Å². The van der Waals surface area contributed by atoms with E-state index in [-0.39, 0.29) is 12.0 Å². The third-order valence-corrected chi connectivity index (χ3v) is 6.32. The molecule has 0 radical (unpaired) electrons. The number of rotatable bonds is 7. The molecule has 1 unspecified atom stereocenters. The molecule has 4 rings (SSSR count). The van der Waals surface area contributed by atoms with E-state index in [1.807, 2.05) is 0 Å². The molecule has 1 atom stereocenters. The van der Waals surface area contributed by atoms with Crippen LogP contribution >= 0.6 is 0 Å². The van der Waals surface area contributed by atoms with E-state index >= 15 is 0 Å². The molecule has 4 heteroatoms. The van der Waals surface area contributed by atoms with Crippen LogP contribution in [0.15, 0.2) is 65.7 Å². The minimum atomic E-state index is 0.123. The predicted octanol–water partition coefficient (Wildman–Crippen LogP) is 4.78. The Balaban J connectivity index is 1.38. The van der Waals surface area contributed by atoms with Gasteiger partial charge in [0.2, 0.25) is 0 Å². The van der Waals surface area contributed by atoms with Crippen LogP contribution < -0.4 is 5.48 Å². The Kier molecular flexibility index (Phi) is 6.96. The summed E-state index contributed by atoms with van der Waals surface area (Å²) < 4.78 is 0.